The van der Waals surface area contributed by atoms with Gasteiger partial charge in [-0.15, -0.1) is 0 Å². The highest BCUT2D eigenvalue weighted by Gasteiger charge is 2.15. The fourth-order valence-corrected chi connectivity index (χ4v) is 1.36. The molecule has 0 spiro atoms. The molecule has 88 valence electrons. The van der Waals surface area contributed by atoms with Crippen LogP contribution in [-0.4, -0.2) is 21.9 Å². The lowest BCUT2D eigenvalue weighted by Gasteiger charge is -2.11. The molecule has 5 nitrogen and oxygen atoms in total. The van der Waals surface area contributed by atoms with Crippen molar-refractivity contribution in [3.63, 3.8) is 0 Å². The van der Waals surface area contributed by atoms with Gasteiger partial charge in [0.05, 0.1) is 6.04 Å². The summed E-state index contributed by atoms with van der Waals surface area (Å²) in [4.78, 5) is 19.0. The van der Waals surface area contributed by atoms with E-state index >= 15 is 0 Å². The van der Waals surface area contributed by atoms with Crippen LogP contribution in [0.25, 0.3) is 0 Å². The van der Waals surface area contributed by atoms with Gasteiger partial charge in [-0.2, -0.15) is 0 Å². The zero-order valence-electron chi connectivity index (χ0n) is 8.70. The summed E-state index contributed by atoms with van der Waals surface area (Å²) < 4.78 is 0. The summed E-state index contributed by atoms with van der Waals surface area (Å²) in [7, 11) is 0. The molecule has 1 aromatic heterocycles. The lowest BCUT2D eigenvalue weighted by molar-refractivity contribution is -0.117. The van der Waals surface area contributed by atoms with Crippen LogP contribution in [0.4, 0.5) is 5.82 Å². The molecule has 0 aliphatic rings. The van der Waals surface area contributed by atoms with Crippen molar-refractivity contribution in [3.05, 3.63) is 16.5 Å². The van der Waals surface area contributed by atoms with E-state index in [1.54, 1.807) is 0 Å². The first-order valence-corrected chi connectivity index (χ1v) is 5.54. The Labute approximate surface area is 103 Å². The zero-order valence-corrected chi connectivity index (χ0v) is 10.2. The minimum absolute atomic E-state index is 0.0935. The van der Waals surface area contributed by atoms with E-state index < -0.39 is 6.04 Å². The van der Waals surface area contributed by atoms with Gasteiger partial charge in [0.2, 0.25) is 5.91 Å². The molecular formula is C9H12Cl2N4O. The van der Waals surface area contributed by atoms with Gasteiger partial charge in [-0.1, -0.05) is 36.5 Å². The van der Waals surface area contributed by atoms with Crippen LogP contribution in [0.2, 0.25) is 10.2 Å². The van der Waals surface area contributed by atoms with Gasteiger partial charge in [-0.25, -0.2) is 9.97 Å². The van der Waals surface area contributed by atoms with Crippen molar-refractivity contribution in [1.82, 2.24) is 9.97 Å². The quantitative estimate of drug-likeness (QED) is 0.812. The van der Waals surface area contributed by atoms with Crippen molar-refractivity contribution in [1.29, 1.82) is 0 Å². The fraction of sp³-hybridized carbons (Fsp3) is 0.444. The van der Waals surface area contributed by atoms with Crippen LogP contribution in [0.5, 0.6) is 0 Å². The second kappa shape index (κ2) is 5.98. The van der Waals surface area contributed by atoms with E-state index in [0.717, 1.165) is 6.42 Å². The van der Waals surface area contributed by atoms with Gasteiger partial charge >= 0.3 is 0 Å². The first-order chi connectivity index (χ1) is 7.56. The Morgan fingerprint density at radius 1 is 1.56 bits per heavy atom. The highest BCUT2D eigenvalue weighted by molar-refractivity contribution is 6.42. The van der Waals surface area contributed by atoms with Crippen molar-refractivity contribution in [2.45, 2.75) is 25.8 Å². The standard InChI is InChI=1S/C9H12Cl2N4O/c1-2-3-5(12)9(16)15-8-6(10)7(11)13-4-14-8/h4-5H,2-3,12H2,1H3,(H,13,14,15,16)/t5-/m1/s1. The van der Waals surface area contributed by atoms with Gasteiger partial charge in [-0.05, 0) is 6.42 Å². The molecule has 0 bridgehead atoms. The van der Waals surface area contributed by atoms with Gasteiger partial charge in [0.25, 0.3) is 0 Å². The molecule has 16 heavy (non-hydrogen) atoms. The Morgan fingerprint density at radius 2 is 2.25 bits per heavy atom. The monoisotopic (exact) mass is 262 g/mol. The van der Waals surface area contributed by atoms with Gasteiger partial charge in [0.1, 0.15) is 11.3 Å². The molecule has 0 fully saturated rings. The van der Waals surface area contributed by atoms with E-state index in [-0.39, 0.29) is 21.9 Å². The Bertz CT molecular complexity index is 386. The molecular weight excluding hydrogens is 251 g/mol. The number of carbonyl (C=O) groups is 1. The molecule has 7 heteroatoms. The Morgan fingerprint density at radius 3 is 2.88 bits per heavy atom. The second-order valence-electron chi connectivity index (χ2n) is 3.21. The number of nitrogens with zero attached hydrogens (tertiary/aromatic N) is 2. The molecule has 1 rings (SSSR count). The van der Waals surface area contributed by atoms with Crippen LogP contribution >= 0.6 is 23.2 Å². The highest BCUT2D eigenvalue weighted by atomic mass is 35.5. The maximum atomic E-state index is 11.6. The van der Waals surface area contributed by atoms with E-state index in [0.29, 0.717) is 6.42 Å². The smallest absolute Gasteiger partial charge is 0.242 e. The SMILES string of the molecule is CCC[C@@H](N)C(=O)Nc1ncnc(Cl)c1Cl. The number of hydrogen-bond donors (Lipinski definition) is 2. The predicted molar refractivity (Wildman–Crippen MR) is 63.6 cm³/mol. The van der Waals surface area contributed by atoms with Crippen molar-refractivity contribution < 1.29 is 4.79 Å². The first-order valence-electron chi connectivity index (χ1n) is 4.78. The molecule has 1 heterocycles. The Balaban J connectivity index is 2.73. The molecule has 1 amide bonds. The van der Waals surface area contributed by atoms with Crippen molar-refractivity contribution >= 4 is 34.9 Å². The van der Waals surface area contributed by atoms with Gasteiger partial charge < -0.3 is 11.1 Å². The van der Waals surface area contributed by atoms with Gasteiger partial charge in [0, 0.05) is 0 Å². The van der Waals surface area contributed by atoms with E-state index in [1.807, 2.05) is 6.92 Å². The van der Waals surface area contributed by atoms with Crippen molar-refractivity contribution in [2.75, 3.05) is 5.32 Å². The van der Waals surface area contributed by atoms with Crippen LogP contribution in [-0.2, 0) is 4.79 Å². The number of amides is 1. The highest BCUT2D eigenvalue weighted by Crippen LogP contribution is 2.25. The van der Waals surface area contributed by atoms with Crippen molar-refractivity contribution in [3.8, 4) is 0 Å². The van der Waals surface area contributed by atoms with Crippen LogP contribution in [0.15, 0.2) is 6.33 Å². The molecule has 0 saturated heterocycles. The number of carbonyl (C=O) groups excluding carboxylic acids is 1. The van der Waals surface area contributed by atoms with E-state index in [4.69, 9.17) is 28.9 Å². The summed E-state index contributed by atoms with van der Waals surface area (Å²) in [5.74, 6) is -0.156. The lowest BCUT2D eigenvalue weighted by atomic mass is 10.2. The number of aromatic nitrogens is 2. The summed E-state index contributed by atoms with van der Waals surface area (Å²) in [6.07, 6.45) is 2.64. The Kier molecular flexibility index (Phi) is 4.92. The second-order valence-corrected chi connectivity index (χ2v) is 3.95. The van der Waals surface area contributed by atoms with Crippen molar-refractivity contribution in [2.24, 2.45) is 5.73 Å². The first kappa shape index (κ1) is 13.2. The molecule has 0 aromatic carbocycles. The summed E-state index contributed by atoms with van der Waals surface area (Å²) in [6.45, 7) is 1.95. The molecule has 0 radical (unpaired) electrons. The normalized spacial score (nSPS) is 12.2. The summed E-state index contributed by atoms with van der Waals surface area (Å²) >= 11 is 11.5. The number of halogens is 2. The van der Waals surface area contributed by atoms with Gasteiger partial charge in [0.15, 0.2) is 11.0 Å². The third kappa shape index (κ3) is 3.30. The number of anilines is 1. The maximum Gasteiger partial charge on any atom is 0.242 e. The average Bonchev–Trinajstić information content (AvgIpc) is 2.25. The average molecular weight is 263 g/mol. The number of hydrogen-bond acceptors (Lipinski definition) is 4. The minimum Gasteiger partial charge on any atom is -0.320 e. The van der Waals surface area contributed by atoms with E-state index in [2.05, 4.69) is 15.3 Å². The largest absolute Gasteiger partial charge is 0.320 e. The molecule has 3 N–H and O–H groups in total. The minimum atomic E-state index is -0.574. The third-order valence-electron chi connectivity index (χ3n) is 1.92. The molecule has 0 saturated carbocycles. The van der Waals surface area contributed by atoms with E-state index in [9.17, 15) is 4.79 Å². The molecule has 0 unspecified atom stereocenters. The molecule has 1 aromatic rings. The summed E-state index contributed by atoms with van der Waals surface area (Å²) in [6, 6.07) is -0.574. The Hall–Kier alpha value is -0.910. The molecule has 1 atom stereocenters. The fourth-order valence-electron chi connectivity index (χ4n) is 1.09. The van der Waals surface area contributed by atoms with E-state index in [1.165, 1.54) is 6.33 Å². The van der Waals surface area contributed by atoms with Crippen LogP contribution in [0.1, 0.15) is 19.8 Å². The summed E-state index contributed by atoms with van der Waals surface area (Å²) in [5.41, 5.74) is 5.63. The lowest BCUT2D eigenvalue weighted by Crippen LogP contribution is -2.35. The maximum absolute atomic E-state index is 11.6. The predicted octanol–water partition coefficient (Wildman–Crippen LogP) is 1.85. The number of nitrogens with one attached hydrogen (secondary N) is 1. The third-order valence-corrected chi connectivity index (χ3v) is 2.67. The van der Waals surface area contributed by atoms with Gasteiger partial charge in [-0.3, -0.25) is 4.79 Å². The molecule has 0 aliphatic heterocycles. The number of nitrogens with two attached hydrogens (primary N) is 1. The van der Waals surface area contributed by atoms with Crippen LogP contribution in [0.3, 0.4) is 0 Å². The molecule has 0 aliphatic carbocycles. The summed E-state index contributed by atoms with van der Waals surface area (Å²) in [5, 5.41) is 2.71. The van der Waals surface area contributed by atoms with Crippen LogP contribution < -0.4 is 11.1 Å². The topological polar surface area (TPSA) is 80.9 Å². The number of rotatable bonds is 4. The van der Waals surface area contributed by atoms with Crippen LogP contribution in [0, 0.1) is 0 Å². The zero-order chi connectivity index (χ0) is 12.1.